The van der Waals surface area contributed by atoms with E-state index in [2.05, 4.69) is 15.6 Å². The molecule has 7 heteroatoms. The third-order valence-electron chi connectivity index (χ3n) is 3.50. The fourth-order valence-corrected chi connectivity index (χ4v) is 2.83. The minimum Gasteiger partial charge on any atom is -0.347 e. The summed E-state index contributed by atoms with van der Waals surface area (Å²) in [5, 5.41) is 6.32. The van der Waals surface area contributed by atoms with Crippen LogP contribution in [0.4, 0.5) is 5.69 Å². The summed E-state index contributed by atoms with van der Waals surface area (Å²) in [6, 6.07) is 7.53. The van der Waals surface area contributed by atoms with Crippen molar-refractivity contribution in [3.05, 3.63) is 36.7 Å². The maximum atomic E-state index is 11.8. The molecule has 0 aliphatic heterocycles. The third kappa shape index (κ3) is 4.35. The van der Waals surface area contributed by atoms with Crippen LogP contribution in [0.5, 0.6) is 0 Å². The molecule has 2 N–H and O–H groups in total. The van der Waals surface area contributed by atoms with E-state index >= 15 is 0 Å². The lowest BCUT2D eigenvalue weighted by Gasteiger charge is -2.07. The second kappa shape index (κ2) is 6.87. The normalized spacial score (nSPS) is 13.6. The predicted octanol–water partition coefficient (Wildman–Crippen LogP) is 2.04. The molecular formula is C16H18N4O2S. The Morgan fingerprint density at radius 2 is 2.04 bits per heavy atom. The van der Waals surface area contributed by atoms with Crippen LogP contribution in [0.3, 0.4) is 0 Å². The lowest BCUT2D eigenvalue weighted by atomic mass is 10.3. The maximum Gasteiger partial charge on any atom is 0.243 e. The highest BCUT2D eigenvalue weighted by molar-refractivity contribution is 7.99. The van der Waals surface area contributed by atoms with Crippen LogP contribution in [-0.4, -0.2) is 27.9 Å². The van der Waals surface area contributed by atoms with E-state index in [0.717, 1.165) is 22.9 Å². The zero-order valence-corrected chi connectivity index (χ0v) is 13.6. The van der Waals surface area contributed by atoms with Crippen LogP contribution >= 0.6 is 11.8 Å². The van der Waals surface area contributed by atoms with Crippen LogP contribution in [0.15, 0.2) is 46.7 Å². The average molecular weight is 330 g/mol. The first-order chi connectivity index (χ1) is 11.1. The van der Waals surface area contributed by atoms with Crippen LogP contribution < -0.4 is 10.6 Å². The van der Waals surface area contributed by atoms with Crippen LogP contribution in [0.2, 0.25) is 0 Å². The smallest absolute Gasteiger partial charge is 0.243 e. The van der Waals surface area contributed by atoms with E-state index in [4.69, 9.17) is 0 Å². The lowest BCUT2D eigenvalue weighted by Crippen LogP contribution is -2.33. The Morgan fingerprint density at radius 3 is 2.65 bits per heavy atom. The second-order valence-electron chi connectivity index (χ2n) is 5.49. The fourth-order valence-electron chi connectivity index (χ4n) is 2.02. The molecule has 1 aromatic heterocycles. The number of benzene rings is 1. The quantitative estimate of drug-likeness (QED) is 0.850. The summed E-state index contributed by atoms with van der Waals surface area (Å²) in [5.41, 5.74) is 0.708. The van der Waals surface area contributed by atoms with Crippen molar-refractivity contribution < 1.29 is 9.59 Å². The van der Waals surface area contributed by atoms with Crippen molar-refractivity contribution in [3.63, 3.8) is 0 Å². The van der Waals surface area contributed by atoms with Crippen molar-refractivity contribution >= 4 is 29.3 Å². The molecule has 1 aromatic carbocycles. The van der Waals surface area contributed by atoms with Gasteiger partial charge in [-0.15, -0.1) is 0 Å². The molecule has 0 unspecified atom stereocenters. The first-order valence-corrected chi connectivity index (χ1v) is 8.26. The highest BCUT2D eigenvalue weighted by Gasteiger charge is 2.29. The predicted molar refractivity (Wildman–Crippen MR) is 88.1 cm³/mol. The molecule has 1 aliphatic carbocycles. The van der Waals surface area contributed by atoms with E-state index in [9.17, 15) is 9.59 Å². The number of rotatable bonds is 6. The van der Waals surface area contributed by atoms with Gasteiger partial charge in [0.05, 0.1) is 6.54 Å². The minimum atomic E-state index is -0.219. The van der Waals surface area contributed by atoms with Crippen LogP contribution in [0, 0.1) is 5.92 Å². The van der Waals surface area contributed by atoms with Gasteiger partial charge in [0.25, 0.3) is 0 Å². The molecule has 23 heavy (non-hydrogen) atoms. The number of carbonyl (C=O) groups is 2. The van der Waals surface area contributed by atoms with Crippen molar-refractivity contribution in [1.29, 1.82) is 0 Å². The molecule has 1 fully saturated rings. The van der Waals surface area contributed by atoms with Gasteiger partial charge in [-0.05, 0) is 37.1 Å². The topological polar surface area (TPSA) is 76.0 Å². The summed E-state index contributed by atoms with van der Waals surface area (Å²) in [6.07, 6.45) is 5.52. The SMILES string of the molecule is Cn1ccnc1Sc1ccc(NC(=O)CNC(=O)C2CC2)cc1. The van der Waals surface area contributed by atoms with Crippen molar-refractivity contribution in [2.75, 3.05) is 11.9 Å². The number of anilines is 1. The monoisotopic (exact) mass is 330 g/mol. The van der Waals surface area contributed by atoms with Crippen molar-refractivity contribution in [1.82, 2.24) is 14.9 Å². The van der Waals surface area contributed by atoms with Gasteiger partial charge in [-0.1, -0.05) is 11.8 Å². The van der Waals surface area contributed by atoms with E-state index in [-0.39, 0.29) is 24.3 Å². The van der Waals surface area contributed by atoms with Gasteiger partial charge in [-0.25, -0.2) is 4.98 Å². The Labute approximate surface area is 138 Å². The van der Waals surface area contributed by atoms with Gasteiger partial charge in [0, 0.05) is 35.9 Å². The molecule has 0 spiro atoms. The van der Waals surface area contributed by atoms with Crippen molar-refractivity contribution in [2.45, 2.75) is 22.9 Å². The number of hydrogen-bond acceptors (Lipinski definition) is 4. The number of hydrogen-bond donors (Lipinski definition) is 2. The molecule has 1 heterocycles. The molecule has 1 aliphatic rings. The van der Waals surface area contributed by atoms with E-state index in [1.165, 1.54) is 0 Å². The van der Waals surface area contributed by atoms with E-state index in [1.807, 2.05) is 42.1 Å². The Balaban J connectivity index is 1.49. The Morgan fingerprint density at radius 1 is 1.30 bits per heavy atom. The summed E-state index contributed by atoms with van der Waals surface area (Å²) >= 11 is 1.55. The zero-order chi connectivity index (χ0) is 16.2. The first kappa shape index (κ1) is 15.6. The number of amides is 2. The molecule has 6 nitrogen and oxygen atoms in total. The molecule has 0 saturated heterocycles. The van der Waals surface area contributed by atoms with Gasteiger partial charge in [0.1, 0.15) is 0 Å². The summed E-state index contributed by atoms with van der Waals surface area (Å²) in [5.74, 6) is -0.129. The molecule has 2 amide bonds. The van der Waals surface area contributed by atoms with Gasteiger partial charge in [-0.2, -0.15) is 0 Å². The van der Waals surface area contributed by atoms with E-state index in [0.29, 0.717) is 5.69 Å². The van der Waals surface area contributed by atoms with E-state index < -0.39 is 0 Å². The Kier molecular flexibility index (Phi) is 4.66. The summed E-state index contributed by atoms with van der Waals surface area (Å²) in [7, 11) is 1.94. The van der Waals surface area contributed by atoms with Gasteiger partial charge >= 0.3 is 0 Å². The number of carbonyl (C=O) groups excluding carboxylic acids is 2. The van der Waals surface area contributed by atoms with Gasteiger partial charge in [0.15, 0.2) is 5.16 Å². The van der Waals surface area contributed by atoms with Gasteiger partial charge in [0.2, 0.25) is 11.8 Å². The Bertz CT molecular complexity index is 707. The third-order valence-corrected chi connectivity index (χ3v) is 4.58. The van der Waals surface area contributed by atoms with E-state index in [1.54, 1.807) is 18.0 Å². The van der Waals surface area contributed by atoms with Gasteiger partial charge in [-0.3, -0.25) is 9.59 Å². The summed E-state index contributed by atoms with van der Waals surface area (Å²) < 4.78 is 1.95. The summed E-state index contributed by atoms with van der Waals surface area (Å²) in [6.45, 7) is 0.0130. The lowest BCUT2D eigenvalue weighted by molar-refractivity contribution is -0.125. The molecule has 0 radical (unpaired) electrons. The molecular weight excluding hydrogens is 312 g/mol. The minimum absolute atomic E-state index is 0.0130. The van der Waals surface area contributed by atoms with Gasteiger partial charge < -0.3 is 15.2 Å². The largest absolute Gasteiger partial charge is 0.347 e. The highest BCUT2D eigenvalue weighted by Crippen LogP contribution is 2.28. The molecule has 3 rings (SSSR count). The molecule has 0 atom stereocenters. The van der Waals surface area contributed by atoms with Crippen LogP contribution in [-0.2, 0) is 16.6 Å². The molecule has 1 saturated carbocycles. The van der Waals surface area contributed by atoms with Crippen LogP contribution in [0.25, 0.3) is 0 Å². The number of aromatic nitrogens is 2. The first-order valence-electron chi connectivity index (χ1n) is 7.44. The Hall–Kier alpha value is -2.28. The fraction of sp³-hybridized carbons (Fsp3) is 0.312. The van der Waals surface area contributed by atoms with Crippen molar-refractivity contribution in [2.24, 2.45) is 13.0 Å². The summed E-state index contributed by atoms with van der Waals surface area (Å²) in [4.78, 5) is 28.6. The number of imidazole rings is 1. The number of nitrogens with one attached hydrogen (secondary N) is 2. The number of aryl methyl sites for hydroxylation is 1. The highest BCUT2D eigenvalue weighted by atomic mass is 32.2. The zero-order valence-electron chi connectivity index (χ0n) is 12.8. The maximum absolute atomic E-state index is 11.8. The second-order valence-corrected chi connectivity index (χ2v) is 6.53. The molecule has 120 valence electrons. The molecule has 2 aromatic rings. The van der Waals surface area contributed by atoms with Crippen LogP contribution in [0.1, 0.15) is 12.8 Å². The number of nitrogens with zero attached hydrogens (tertiary/aromatic N) is 2. The van der Waals surface area contributed by atoms with Crippen molar-refractivity contribution in [3.8, 4) is 0 Å². The average Bonchev–Trinajstić information content (AvgIpc) is 3.32. The standard InChI is InChI=1S/C16H18N4O2S/c1-20-9-8-17-16(20)23-13-6-4-12(5-7-13)19-14(21)10-18-15(22)11-2-3-11/h4-9,11H,2-3,10H2,1H3,(H,18,22)(H,19,21). The molecule has 0 bridgehead atoms.